The number of likely N-dealkylation sites (tertiary alicyclic amines) is 1. The van der Waals surface area contributed by atoms with E-state index in [1.54, 1.807) is 11.9 Å². The molecule has 2 unspecified atom stereocenters. The Kier molecular flexibility index (Phi) is 3.07. The lowest BCUT2D eigenvalue weighted by atomic mass is 9.96. The summed E-state index contributed by atoms with van der Waals surface area (Å²) >= 11 is 0. The van der Waals surface area contributed by atoms with Crippen LogP contribution in [0.15, 0.2) is 0 Å². The lowest BCUT2D eigenvalue weighted by Gasteiger charge is -2.21. The van der Waals surface area contributed by atoms with Crippen LogP contribution >= 0.6 is 0 Å². The molecule has 2 atom stereocenters. The summed E-state index contributed by atoms with van der Waals surface area (Å²) in [5, 5.41) is 0. The fourth-order valence-corrected chi connectivity index (χ4v) is 1.67. The molecule has 0 spiro atoms. The summed E-state index contributed by atoms with van der Waals surface area (Å²) in [6, 6.07) is -0.151. The molecule has 0 saturated carbocycles. The molecule has 0 bridgehead atoms. The lowest BCUT2D eigenvalue weighted by molar-refractivity contribution is -0.134. The Morgan fingerprint density at radius 3 is 2.69 bits per heavy atom. The highest BCUT2D eigenvalue weighted by Crippen LogP contribution is 2.21. The van der Waals surface area contributed by atoms with Gasteiger partial charge in [0.15, 0.2) is 5.78 Å². The van der Waals surface area contributed by atoms with Gasteiger partial charge in [-0.25, -0.2) is 0 Å². The summed E-state index contributed by atoms with van der Waals surface area (Å²) < 4.78 is 0. The average Bonchev–Trinajstić information content (AvgIpc) is 2.45. The molecule has 1 rings (SSSR count). The molecule has 3 nitrogen and oxygen atoms in total. The molecule has 74 valence electrons. The lowest BCUT2D eigenvalue weighted by Crippen LogP contribution is -2.38. The van der Waals surface area contributed by atoms with E-state index in [-0.39, 0.29) is 23.7 Å². The molecule has 0 aromatic rings. The van der Waals surface area contributed by atoms with Gasteiger partial charge in [0.05, 0.1) is 6.04 Å². The second-order valence-corrected chi connectivity index (χ2v) is 3.77. The van der Waals surface area contributed by atoms with Gasteiger partial charge in [0, 0.05) is 19.4 Å². The van der Waals surface area contributed by atoms with E-state index in [4.69, 9.17) is 0 Å². The van der Waals surface area contributed by atoms with Crippen LogP contribution in [0.25, 0.3) is 0 Å². The Labute approximate surface area is 79.1 Å². The van der Waals surface area contributed by atoms with Crippen LogP contribution in [0.5, 0.6) is 0 Å². The number of carbonyl (C=O) groups is 2. The Bertz CT molecular complexity index is 225. The number of nitrogens with zero attached hydrogens (tertiary/aromatic N) is 1. The van der Waals surface area contributed by atoms with E-state index in [1.807, 2.05) is 13.8 Å². The molecule has 1 fully saturated rings. The number of rotatable bonds is 3. The van der Waals surface area contributed by atoms with Gasteiger partial charge in [-0.15, -0.1) is 0 Å². The molecule has 0 N–H and O–H groups in total. The zero-order chi connectivity index (χ0) is 10.0. The highest BCUT2D eigenvalue weighted by atomic mass is 16.2. The Hall–Kier alpha value is -0.860. The molecule has 3 heteroatoms. The van der Waals surface area contributed by atoms with Crippen LogP contribution in [-0.2, 0) is 9.59 Å². The first-order chi connectivity index (χ1) is 6.07. The van der Waals surface area contributed by atoms with Gasteiger partial charge in [-0.3, -0.25) is 9.59 Å². The molecule has 1 saturated heterocycles. The smallest absolute Gasteiger partial charge is 0.223 e. The molecule has 1 aliphatic rings. The number of hydrogen-bond acceptors (Lipinski definition) is 2. The SMILES string of the molecule is CCC(C)C(=O)C1CCC(=O)N1C. The molecular weight excluding hydrogens is 166 g/mol. The van der Waals surface area contributed by atoms with E-state index in [0.717, 1.165) is 6.42 Å². The normalized spacial score (nSPS) is 25.0. The molecule has 1 heterocycles. The van der Waals surface area contributed by atoms with Crippen molar-refractivity contribution in [1.82, 2.24) is 4.90 Å². The molecular formula is C10H17NO2. The van der Waals surface area contributed by atoms with Gasteiger partial charge >= 0.3 is 0 Å². The summed E-state index contributed by atoms with van der Waals surface area (Å²) in [7, 11) is 1.72. The second kappa shape index (κ2) is 3.90. The predicted molar refractivity (Wildman–Crippen MR) is 50.3 cm³/mol. The number of ketones is 1. The third kappa shape index (κ3) is 1.90. The van der Waals surface area contributed by atoms with Gasteiger partial charge < -0.3 is 4.90 Å². The van der Waals surface area contributed by atoms with Gasteiger partial charge in [0.2, 0.25) is 5.91 Å². The van der Waals surface area contributed by atoms with Crippen LogP contribution < -0.4 is 0 Å². The van der Waals surface area contributed by atoms with Crippen molar-refractivity contribution in [1.29, 1.82) is 0 Å². The van der Waals surface area contributed by atoms with Gasteiger partial charge in [0.1, 0.15) is 0 Å². The maximum Gasteiger partial charge on any atom is 0.223 e. The second-order valence-electron chi connectivity index (χ2n) is 3.77. The van der Waals surface area contributed by atoms with Crippen LogP contribution in [0.2, 0.25) is 0 Å². The maximum atomic E-state index is 11.7. The van der Waals surface area contributed by atoms with Crippen molar-refractivity contribution in [3.63, 3.8) is 0 Å². The number of hydrogen-bond donors (Lipinski definition) is 0. The summed E-state index contributed by atoms with van der Waals surface area (Å²) in [5.74, 6) is 0.399. The van der Waals surface area contributed by atoms with Crippen molar-refractivity contribution in [3.05, 3.63) is 0 Å². The minimum Gasteiger partial charge on any atom is -0.336 e. The molecule has 0 aromatic carbocycles. The fraction of sp³-hybridized carbons (Fsp3) is 0.800. The zero-order valence-corrected chi connectivity index (χ0v) is 8.54. The number of likely N-dealkylation sites (N-methyl/N-ethyl adjacent to an activating group) is 1. The number of amides is 1. The van der Waals surface area contributed by atoms with E-state index in [1.165, 1.54) is 0 Å². The Balaban J connectivity index is 2.63. The first-order valence-electron chi connectivity index (χ1n) is 4.87. The van der Waals surface area contributed by atoms with Crippen LogP contribution in [0, 0.1) is 5.92 Å². The first kappa shape index (κ1) is 10.2. The maximum absolute atomic E-state index is 11.7. The highest BCUT2D eigenvalue weighted by Gasteiger charge is 2.34. The van der Waals surface area contributed by atoms with E-state index in [9.17, 15) is 9.59 Å². The van der Waals surface area contributed by atoms with E-state index in [2.05, 4.69) is 0 Å². The average molecular weight is 183 g/mol. The molecule has 0 aromatic heterocycles. The van der Waals surface area contributed by atoms with Crippen LogP contribution in [0.1, 0.15) is 33.1 Å². The summed E-state index contributed by atoms with van der Waals surface area (Å²) in [6.45, 7) is 3.93. The molecule has 0 radical (unpaired) electrons. The van der Waals surface area contributed by atoms with Crippen molar-refractivity contribution in [2.75, 3.05) is 7.05 Å². The predicted octanol–water partition coefficient (Wildman–Crippen LogP) is 1.22. The quantitative estimate of drug-likeness (QED) is 0.659. The van der Waals surface area contributed by atoms with Crippen LogP contribution in [0.3, 0.4) is 0 Å². The third-order valence-electron chi connectivity index (χ3n) is 2.92. The zero-order valence-electron chi connectivity index (χ0n) is 8.54. The van der Waals surface area contributed by atoms with Crippen molar-refractivity contribution in [2.24, 2.45) is 5.92 Å². The summed E-state index contributed by atoms with van der Waals surface area (Å²) in [5.41, 5.74) is 0. The number of Topliss-reactive ketones (excluding diaryl/α,β-unsaturated/α-hetero) is 1. The van der Waals surface area contributed by atoms with Crippen LogP contribution in [0.4, 0.5) is 0 Å². The molecule has 1 aliphatic heterocycles. The van der Waals surface area contributed by atoms with Crippen molar-refractivity contribution >= 4 is 11.7 Å². The first-order valence-corrected chi connectivity index (χ1v) is 4.87. The molecule has 1 amide bonds. The van der Waals surface area contributed by atoms with Crippen LogP contribution in [-0.4, -0.2) is 29.7 Å². The largest absolute Gasteiger partial charge is 0.336 e. The highest BCUT2D eigenvalue weighted by molar-refractivity contribution is 5.93. The van der Waals surface area contributed by atoms with E-state index in [0.29, 0.717) is 12.8 Å². The monoisotopic (exact) mass is 183 g/mol. The Morgan fingerprint density at radius 2 is 2.31 bits per heavy atom. The van der Waals surface area contributed by atoms with Crippen molar-refractivity contribution in [2.45, 2.75) is 39.2 Å². The Morgan fingerprint density at radius 1 is 1.69 bits per heavy atom. The minimum absolute atomic E-state index is 0.0818. The topological polar surface area (TPSA) is 37.4 Å². The minimum atomic E-state index is -0.151. The standard InChI is InChI=1S/C10H17NO2/c1-4-7(2)10(13)8-5-6-9(12)11(8)3/h7-8H,4-6H2,1-3H3. The van der Waals surface area contributed by atoms with Gasteiger partial charge in [-0.05, 0) is 12.8 Å². The van der Waals surface area contributed by atoms with Gasteiger partial charge in [-0.2, -0.15) is 0 Å². The summed E-state index contributed by atoms with van der Waals surface area (Å²) in [6.07, 6.45) is 2.10. The van der Waals surface area contributed by atoms with E-state index >= 15 is 0 Å². The van der Waals surface area contributed by atoms with Crippen molar-refractivity contribution < 1.29 is 9.59 Å². The van der Waals surface area contributed by atoms with Gasteiger partial charge in [-0.1, -0.05) is 13.8 Å². The van der Waals surface area contributed by atoms with Crippen molar-refractivity contribution in [3.8, 4) is 0 Å². The van der Waals surface area contributed by atoms with E-state index < -0.39 is 0 Å². The fourth-order valence-electron chi connectivity index (χ4n) is 1.67. The molecule has 0 aliphatic carbocycles. The number of carbonyl (C=O) groups excluding carboxylic acids is 2. The molecule has 13 heavy (non-hydrogen) atoms. The summed E-state index contributed by atoms with van der Waals surface area (Å²) in [4.78, 5) is 24.5. The van der Waals surface area contributed by atoms with Gasteiger partial charge in [0.25, 0.3) is 0 Å². The third-order valence-corrected chi connectivity index (χ3v) is 2.92.